The lowest BCUT2D eigenvalue weighted by Gasteiger charge is -2.27. The molecule has 0 fully saturated rings. The van der Waals surface area contributed by atoms with Crippen molar-refractivity contribution in [2.45, 2.75) is 31.8 Å². The first-order valence-corrected chi connectivity index (χ1v) is 11.6. The molecule has 0 aliphatic carbocycles. The Bertz CT molecular complexity index is 1400. The maximum absolute atomic E-state index is 13.7. The Kier molecular flexibility index (Phi) is 7.01. The fraction of sp³-hybridized carbons (Fsp3) is 0.333. The van der Waals surface area contributed by atoms with Gasteiger partial charge in [-0.05, 0) is 56.5 Å². The molecule has 0 N–H and O–H groups in total. The number of rotatable bonds is 4. The number of halogens is 1. The van der Waals surface area contributed by atoms with Crippen molar-refractivity contribution >= 4 is 40.1 Å². The van der Waals surface area contributed by atoms with E-state index in [2.05, 4.69) is 21.8 Å². The molecule has 4 rings (SSSR count). The van der Waals surface area contributed by atoms with Crippen molar-refractivity contribution in [2.24, 2.45) is 0 Å². The number of pyridine rings is 2. The third-order valence-electron chi connectivity index (χ3n) is 5.66. The molecule has 0 saturated heterocycles. The van der Waals surface area contributed by atoms with Gasteiger partial charge in [-0.3, -0.25) is 4.79 Å². The van der Waals surface area contributed by atoms with Crippen LogP contribution in [0.5, 0.6) is 0 Å². The van der Waals surface area contributed by atoms with E-state index >= 15 is 0 Å². The van der Waals surface area contributed by atoms with Gasteiger partial charge in [-0.2, -0.15) is 0 Å². The largest absolute Gasteiger partial charge is 0.443 e. The first kappa shape index (κ1) is 25.6. The van der Waals surface area contributed by atoms with Crippen LogP contribution >= 0.6 is 11.6 Å². The number of nitrogens with zero attached hydrogens (tertiary/aromatic N) is 3. The van der Waals surface area contributed by atoms with Gasteiger partial charge in [0.2, 0.25) is 0 Å². The Labute approximate surface area is 214 Å². The van der Waals surface area contributed by atoms with Gasteiger partial charge >= 0.3 is 6.09 Å². The third kappa shape index (κ3) is 4.78. The fourth-order valence-electron chi connectivity index (χ4n) is 4.21. The lowest BCUT2D eigenvalue weighted by atomic mass is 9.83. The van der Waals surface area contributed by atoms with E-state index in [1.165, 1.54) is 14.2 Å². The minimum absolute atomic E-state index is 0.0334. The monoisotopic (exact) mass is 507 g/mol. The molecule has 2 aromatic heterocycles. The Morgan fingerprint density at radius 1 is 1.08 bits per heavy atom. The SMILES string of the molecule is COCC1(COC)C(=O)N(C(=O)OC(C)(C)C)c2cc(C#Cc3nccc4cnc(Cl)cc34)ccc21. The number of ether oxygens (including phenoxy) is 3. The molecule has 0 radical (unpaired) electrons. The number of carbonyl (C=O) groups excluding carboxylic acids is 2. The van der Waals surface area contributed by atoms with Crippen molar-refractivity contribution in [3.05, 3.63) is 64.7 Å². The van der Waals surface area contributed by atoms with E-state index in [0.29, 0.717) is 27.7 Å². The van der Waals surface area contributed by atoms with Crippen molar-refractivity contribution < 1.29 is 23.8 Å². The number of fused-ring (bicyclic) bond motifs is 2. The number of amides is 2. The summed E-state index contributed by atoms with van der Waals surface area (Å²) in [6.07, 6.45) is 2.54. The number of methoxy groups -OCH3 is 2. The molecule has 0 saturated carbocycles. The lowest BCUT2D eigenvalue weighted by Crippen LogP contribution is -2.49. The molecule has 186 valence electrons. The molecule has 1 aliphatic heterocycles. The predicted molar refractivity (Wildman–Crippen MR) is 136 cm³/mol. The van der Waals surface area contributed by atoms with Crippen molar-refractivity contribution in [2.75, 3.05) is 32.3 Å². The predicted octanol–water partition coefficient (Wildman–Crippen LogP) is 4.50. The maximum Gasteiger partial charge on any atom is 0.421 e. The second-order valence-corrected chi connectivity index (χ2v) is 9.83. The molecule has 3 aromatic rings. The summed E-state index contributed by atoms with van der Waals surface area (Å²) in [5.74, 6) is 5.68. The second-order valence-electron chi connectivity index (χ2n) is 9.44. The molecule has 1 aromatic carbocycles. The molecule has 36 heavy (non-hydrogen) atoms. The van der Waals surface area contributed by atoms with E-state index in [1.807, 2.05) is 6.07 Å². The molecular weight excluding hydrogens is 482 g/mol. The normalized spacial score (nSPS) is 14.4. The first-order valence-electron chi connectivity index (χ1n) is 11.2. The number of aromatic nitrogens is 2. The van der Waals surface area contributed by atoms with E-state index in [9.17, 15) is 9.59 Å². The van der Waals surface area contributed by atoms with E-state index in [-0.39, 0.29) is 13.2 Å². The van der Waals surface area contributed by atoms with Gasteiger partial charge in [-0.25, -0.2) is 19.7 Å². The summed E-state index contributed by atoms with van der Waals surface area (Å²) in [5.41, 5.74) is 0.119. The van der Waals surface area contributed by atoms with E-state index in [0.717, 1.165) is 15.7 Å². The minimum Gasteiger partial charge on any atom is -0.443 e. The second kappa shape index (κ2) is 9.86. The number of imide groups is 1. The van der Waals surface area contributed by atoms with Gasteiger partial charge in [0.1, 0.15) is 21.9 Å². The standard InChI is InChI=1S/C27H26ClN3O5/c1-26(2,3)36-25(33)31-22-12-17(6-8-20(22)27(15-34-4,16-35-5)24(31)32)7-9-21-19-13-23(28)30-14-18(19)10-11-29-21/h6,8,10-14H,15-16H2,1-5H3. The van der Waals surface area contributed by atoms with Crippen molar-refractivity contribution in [1.82, 2.24) is 9.97 Å². The molecule has 0 bridgehead atoms. The minimum atomic E-state index is -1.19. The molecule has 8 nitrogen and oxygen atoms in total. The summed E-state index contributed by atoms with van der Waals surface area (Å²) in [6.45, 7) is 5.29. The summed E-state index contributed by atoms with van der Waals surface area (Å²) < 4.78 is 16.3. The molecule has 0 spiro atoms. The Morgan fingerprint density at radius 3 is 2.47 bits per heavy atom. The highest BCUT2D eigenvalue weighted by Gasteiger charge is 2.54. The highest BCUT2D eigenvalue weighted by molar-refractivity contribution is 6.30. The van der Waals surface area contributed by atoms with Crippen LogP contribution in [0.15, 0.2) is 42.7 Å². The number of hydrogen-bond donors (Lipinski definition) is 0. The van der Waals surface area contributed by atoms with Crippen molar-refractivity contribution in [1.29, 1.82) is 0 Å². The molecule has 0 unspecified atom stereocenters. The lowest BCUT2D eigenvalue weighted by molar-refractivity contribution is -0.127. The Morgan fingerprint density at radius 2 is 1.81 bits per heavy atom. The van der Waals surface area contributed by atoms with Crippen LogP contribution in [0.4, 0.5) is 10.5 Å². The van der Waals surface area contributed by atoms with Crippen molar-refractivity contribution in [3.8, 4) is 11.8 Å². The number of carbonyl (C=O) groups is 2. The van der Waals surface area contributed by atoms with Crippen LogP contribution in [0, 0.1) is 11.8 Å². The Balaban J connectivity index is 1.82. The van der Waals surface area contributed by atoms with Gasteiger partial charge in [0.25, 0.3) is 5.91 Å². The summed E-state index contributed by atoms with van der Waals surface area (Å²) in [7, 11) is 3.00. The van der Waals surface area contributed by atoms with E-state index in [4.69, 9.17) is 25.8 Å². The van der Waals surface area contributed by atoms with Crippen molar-refractivity contribution in [3.63, 3.8) is 0 Å². The third-order valence-corrected chi connectivity index (χ3v) is 5.87. The quantitative estimate of drug-likeness (QED) is 0.379. The van der Waals surface area contributed by atoms with Crippen LogP contribution in [-0.4, -0.2) is 55.0 Å². The zero-order chi connectivity index (χ0) is 26.1. The number of anilines is 1. The van der Waals surface area contributed by atoms with Crippen LogP contribution < -0.4 is 4.90 Å². The van der Waals surface area contributed by atoms with Gasteiger partial charge in [0, 0.05) is 42.9 Å². The smallest absolute Gasteiger partial charge is 0.421 e. The highest BCUT2D eigenvalue weighted by Crippen LogP contribution is 2.43. The summed E-state index contributed by atoms with van der Waals surface area (Å²) in [4.78, 5) is 36.3. The van der Waals surface area contributed by atoms with Gasteiger partial charge in [0.05, 0.1) is 18.9 Å². The zero-order valence-corrected chi connectivity index (χ0v) is 21.5. The fourth-order valence-corrected chi connectivity index (χ4v) is 4.37. The number of benzene rings is 1. The van der Waals surface area contributed by atoms with Gasteiger partial charge in [0.15, 0.2) is 0 Å². The molecule has 2 amide bonds. The topological polar surface area (TPSA) is 90.9 Å². The molecule has 9 heteroatoms. The zero-order valence-electron chi connectivity index (χ0n) is 20.7. The molecular formula is C27H26ClN3O5. The molecule has 3 heterocycles. The summed E-state index contributed by atoms with van der Waals surface area (Å²) in [6, 6.07) is 8.80. The summed E-state index contributed by atoms with van der Waals surface area (Å²) in [5, 5.41) is 1.98. The average molecular weight is 508 g/mol. The molecule has 0 atom stereocenters. The maximum atomic E-state index is 13.7. The van der Waals surface area contributed by atoms with Crippen LogP contribution in [-0.2, 0) is 24.4 Å². The van der Waals surface area contributed by atoms with Crippen LogP contribution in [0.25, 0.3) is 10.8 Å². The number of hydrogen-bond acceptors (Lipinski definition) is 7. The first-order chi connectivity index (χ1) is 17.1. The van der Waals surface area contributed by atoms with Gasteiger partial charge in [-0.15, -0.1) is 0 Å². The highest BCUT2D eigenvalue weighted by atomic mass is 35.5. The van der Waals surface area contributed by atoms with Crippen LogP contribution in [0.2, 0.25) is 5.15 Å². The van der Waals surface area contributed by atoms with Gasteiger partial charge in [-0.1, -0.05) is 23.6 Å². The van der Waals surface area contributed by atoms with E-state index < -0.39 is 23.0 Å². The Hall–Kier alpha value is -3.51. The summed E-state index contributed by atoms with van der Waals surface area (Å²) >= 11 is 6.07. The molecule has 1 aliphatic rings. The average Bonchev–Trinajstić information content (AvgIpc) is 3.04. The van der Waals surface area contributed by atoms with E-state index in [1.54, 1.807) is 57.4 Å². The van der Waals surface area contributed by atoms with Crippen LogP contribution in [0.1, 0.15) is 37.6 Å². The van der Waals surface area contributed by atoms with Gasteiger partial charge < -0.3 is 14.2 Å². The van der Waals surface area contributed by atoms with Crippen LogP contribution in [0.3, 0.4) is 0 Å².